The molecule has 0 fully saturated rings. The Hall–Kier alpha value is -1.35. The average molecular weight is 434 g/mol. The standard InChI is InChI=1S/C12H9BrIN3O2/c13-8-2-1-7(14)4-10(8)17-11-9(15)3-6(5-16-11)12(18)19/h1-5H,15H2,(H,16,17)(H,18,19). The molecule has 1 aromatic heterocycles. The molecule has 0 radical (unpaired) electrons. The number of pyridine rings is 1. The van der Waals surface area contributed by atoms with Crippen molar-refractivity contribution in [2.45, 2.75) is 0 Å². The lowest BCUT2D eigenvalue weighted by molar-refractivity contribution is 0.0696. The Kier molecular flexibility index (Phi) is 4.25. The molecule has 1 aromatic carbocycles. The van der Waals surface area contributed by atoms with Crippen LogP contribution >= 0.6 is 38.5 Å². The number of nitrogen functional groups attached to an aromatic ring is 1. The fourth-order valence-electron chi connectivity index (χ4n) is 1.42. The van der Waals surface area contributed by atoms with Gasteiger partial charge in [-0.25, -0.2) is 9.78 Å². The van der Waals surface area contributed by atoms with Gasteiger partial charge in [0, 0.05) is 14.2 Å². The van der Waals surface area contributed by atoms with Gasteiger partial charge in [-0.05, 0) is 62.8 Å². The maximum Gasteiger partial charge on any atom is 0.337 e. The van der Waals surface area contributed by atoms with Gasteiger partial charge in [0.05, 0.1) is 16.9 Å². The number of hydrogen-bond acceptors (Lipinski definition) is 4. The molecule has 19 heavy (non-hydrogen) atoms. The molecule has 98 valence electrons. The fourth-order valence-corrected chi connectivity index (χ4v) is 2.26. The summed E-state index contributed by atoms with van der Waals surface area (Å²) in [6.45, 7) is 0. The van der Waals surface area contributed by atoms with E-state index < -0.39 is 5.97 Å². The third-order valence-electron chi connectivity index (χ3n) is 2.35. The number of rotatable bonds is 3. The van der Waals surface area contributed by atoms with Crippen LogP contribution in [0.5, 0.6) is 0 Å². The maximum absolute atomic E-state index is 10.8. The zero-order valence-corrected chi connectivity index (χ0v) is 13.3. The highest BCUT2D eigenvalue weighted by atomic mass is 127. The van der Waals surface area contributed by atoms with Crippen molar-refractivity contribution in [2.75, 3.05) is 11.1 Å². The number of anilines is 3. The summed E-state index contributed by atoms with van der Waals surface area (Å²) in [4.78, 5) is 14.8. The molecule has 0 aliphatic rings. The van der Waals surface area contributed by atoms with Gasteiger partial charge in [0.1, 0.15) is 0 Å². The van der Waals surface area contributed by atoms with Crippen LogP contribution in [-0.4, -0.2) is 16.1 Å². The highest BCUT2D eigenvalue weighted by Gasteiger charge is 2.09. The highest BCUT2D eigenvalue weighted by Crippen LogP contribution is 2.29. The van der Waals surface area contributed by atoms with Crippen LogP contribution in [0.15, 0.2) is 34.9 Å². The fraction of sp³-hybridized carbons (Fsp3) is 0. The van der Waals surface area contributed by atoms with E-state index in [1.807, 2.05) is 18.2 Å². The van der Waals surface area contributed by atoms with E-state index in [4.69, 9.17) is 10.8 Å². The van der Waals surface area contributed by atoms with Crippen molar-refractivity contribution in [1.82, 2.24) is 4.98 Å². The summed E-state index contributed by atoms with van der Waals surface area (Å²) < 4.78 is 1.93. The van der Waals surface area contributed by atoms with E-state index in [-0.39, 0.29) is 11.3 Å². The largest absolute Gasteiger partial charge is 0.478 e. The summed E-state index contributed by atoms with van der Waals surface area (Å²) >= 11 is 5.62. The molecule has 0 atom stereocenters. The van der Waals surface area contributed by atoms with Gasteiger partial charge in [-0.1, -0.05) is 0 Å². The van der Waals surface area contributed by atoms with Crippen LogP contribution < -0.4 is 11.1 Å². The molecule has 0 bridgehead atoms. The molecule has 0 aliphatic carbocycles. The van der Waals surface area contributed by atoms with Crippen molar-refractivity contribution in [3.05, 3.63) is 44.1 Å². The number of halogens is 2. The summed E-state index contributed by atoms with van der Waals surface area (Å²) in [5.74, 6) is -0.631. The molecular weight excluding hydrogens is 425 g/mol. The Morgan fingerprint density at radius 1 is 1.42 bits per heavy atom. The SMILES string of the molecule is Nc1cc(C(=O)O)cnc1Nc1cc(I)ccc1Br. The summed E-state index contributed by atoms with van der Waals surface area (Å²) in [5.41, 5.74) is 6.95. The lowest BCUT2D eigenvalue weighted by atomic mass is 10.2. The second-order valence-corrected chi connectivity index (χ2v) is 5.82. The lowest BCUT2D eigenvalue weighted by Gasteiger charge is -2.10. The predicted molar refractivity (Wildman–Crippen MR) is 85.8 cm³/mol. The molecule has 5 nitrogen and oxygen atoms in total. The van der Waals surface area contributed by atoms with Crippen LogP contribution in [0, 0.1) is 3.57 Å². The second kappa shape index (κ2) is 5.74. The van der Waals surface area contributed by atoms with E-state index in [9.17, 15) is 4.79 Å². The Balaban J connectivity index is 2.33. The monoisotopic (exact) mass is 433 g/mol. The molecule has 2 rings (SSSR count). The molecule has 2 aromatic rings. The van der Waals surface area contributed by atoms with Crippen LogP contribution in [0.4, 0.5) is 17.2 Å². The van der Waals surface area contributed by atoms with Crippen molar-refractivity contribution < 1.29 is 9.90 Å². The average Bonchev–Trinajstić information content (AvgIpc) is 2.36. The van der Waals surface area contributed by atoms with Crippen LogP contribution in [0.1, 0.15) is 10.4 Å². The molecule has 7 heteroatoms. The summed E-state index contributed by atoms with van der Waals surface area (Å²) in [6, 6.07) is 7.17. The van der Waals surface area contributed by atoms with Gasteiger partial charge in [0.15, 0.2) is 5.82 Å². The lowest BCUT2D eigenvalue weighted by Crippen LogP contribution is -2.04. The number of carboxylic acid groups (broad SMARTS) is 1. The van der Waals surface area contributed by atoms with Crippen LogP contribution in [0.25, 0.3) is 0 Å². The third kappa shape index (κ3) is 3.35. The Morgan fingerprint density at radius 3 is 2.79 bits per heavy atom. The van der Waals surface area contributed by atoms with Crippen molar-refractivity contribution >= 4 is 61.7 Å². The Bertz CT molecular complexity index is 649. The number of nitrogens with one attached hydrogen (secondary N) is 1. The smallest absolute Gasteiger partial charge is 0.337 e. The molecule has 0 amide bonds. The number of carboxylic acids is 1. The molecule has 0 saturated carbocycles. The number of hydrogen-bond donors (Lipinski definition) is 3. The van der Waals surface area contributed by atoms with Crippen LogP contribution in [-0.2, 0) is 0 Å². The topological polar surface area (TPSA) is 88.2 Å². The van der Waals surface area contributed by atoms with Gasteiger partial charge in [0.2, 0.25) is 0 Å². The molecule has 0 saturated heterocycles. The first kappa shape index (κ1) is 14.1. The Labute approximate surface area is 131 Å². The van der Waals surface area contributed by atoms with Crippen molar-refractivity contribution in [2.24, 2.45) is 0 Å². The van der Waals surface area contributed by atoms with Gasteiger partial charge in [-0.15, -0.1) is 0 Å². The number of nitrogens with zero attached hydrogens (tertiary/aromatic N) is 1. The van der Waals surface area contributed by atoms with Gasteiger partial charge in [-0.2, -0.15) is 0 Å². The summed E-state index contributed by atoms with van der Waals surface area (Å²) in [6.07, 6.45) is 1.27. The van der Waals surface area contributed by atoms with Crippen molar-refractivity contribution in [3.8, 4) is 0 Å². The van der Waals surface area contributed by atoms with Gasteiger partial charge >= 0.3 is 5.97 Å². The molecule has 1 heterocycles. The van der Waals surface area contributed by atoms with Crippen LogP contribution in [0.3, 0.4) is 0 Å². The second-order valence-electron chi connectivity index (χ2n) is 3.72. The number of nitrogens with two attached hydrogens (primary N) is 1. The predicted octanol–water partition coefficient (Wildman–Crippen LogP) is 3.47. The summed E-state index contributed by atoms with van der Waals surface area (Å²) in [5, 5.41) is 11.9. The van der Waals surface area contributed by atoms with Crippen molar-refractivity contribution in [3.63, 3.8) is 0 Å². The van der Waals surface area contributed by atoms with Crippen molar-refractivity contribution in [1.29, 1.82) is 0 Å². The van der Waals surface area contributed by atoms with E-state index in [1.165, 1.54) is 12.3 Å². The van der Waals surface area contributed by atoms with Gasteiger partial charge < -0.3 is 16.2 Å². The number of carbonyl (C=O) groups is 1. The minimum Gasteiger partial charge on any atom is -0.478 e. The first-order valence-electron chi connectivity index (χ1n) is 5.18. The van der Waals surface area contributed by atoms with Crippen LogP contribution in [0.2, 0.25) is 0 Å². The minimum absolute atomic E-state index is 0.0600. The molecule has 4 N–H and O–H groups in total. The number of aromatic nitrogens is 1. The highest BCUT2D eigenvalue weighted by molar-refractivity contribution is 14.1. The number of aromatic carboxylic acids is 1. The van der Waals surface area contributed by atoms with E-state index >= 15 is 0 Å². The van der Waals surface area contributed by atoms with E-state index in [2.05, 4.69) is 48.8 Å². The van der Waals surface area contributed by atoms with E-state index in [0.29, 0.717) is 5.82 Å². The third-order valence-corrected chi connectivity index (χ3v) is 3.71. The first-order valence-corrected chi connectivity index (χ1v) is 7.05. The molecule has 0 aliphatic heterocycles. The number of benzene rings is 1. The molecule has 0 spiro atoms. The van der Waals surface area contributed by atoms with Gasteiger partial charge in [-0.3, -0.25) is 0 Å². The van der Waals surface area contributed by atoms with E-state index in [0.717, 1.165) is 13.7 Å². The zero-order chi connectivity index (χ0) is 14.0. The normalized spacial score (nSPS) is 10.2. The zero-order valence-electron chi connectivity index (χ0n) is 9.52. The minimum atomic E-state index is -1.05. The molecule has 0 unspecified atom stereocenters. The van der Waals surface area contributed by atoms with E-state index in [1.54, 1.807) is 0 Å². The summed E-state index contributed by atoms with van der Waals surface area (Å²) in [7, 11) is 0. The quantitative estimate of drug-likeness (QED) is 0.645. The molecular formula is C12H9BrIN3O2. The first-order chi connectivity index (χ1) is 8.97. The van der Waals surface area contributed by atoms with Gasteiger partial charge in [0.25, 0.3) is 0 Å². The maximum atomic E-state index is 10.8. The Morgan fingerprint density at radius 2 is 2.16 bits per heavy atom.